The number of carbonyl (C=O) groups is 2. The van der Waals surface area contributed by atoms with Gasteiger partial charge in [0.25, 0.3) is 0 Å². The fourth-order valence-electron chi connectivity index (χ4n) is 1.17. The molecule has 1 unspecified atom stereocenters. The van der Waals surface area contributed by atoms with Crippen LogP contribution >= 0.6 is 0 Å². The first-order valence-corrected chi connectivity index (χ1v) is 4.47. The Kier molecular flexibility index (Phi) is 6.98. The minimum atomic E-state index is -0.374. The molecule has 0 amide bonds. The van der Waals surface area contributed by atoms with Gasteiger partial charge in [-0.1, -0.05) is 7.85 Å². The van der Waals surface area contributed by atoms with Crippen LogP contribution in [0.4, 0.5) is 0 Å². The van der Waals surface area contributed by atoms with E-state index in [1.165, 1.54) is 14.2 Å². The molecule has 0 spiro atoms. The molecule has 1 atom stereocenters. The normalized spacial score (nSPS) is 11.9. The molecule has 0 aliphatic heterocycles. The van der Waals surface area contributed by atoms with E-state index >= 15 is 0 Å². The second kappa shape index (κ2) is 7.47. The lowest BCUT2D eigenvalue weighted by Crippen LogP contribution is -2.17. The summed E-state index contributed by atoms with van der Waals surface area (Å²) in [6.07, 6.45) is 2.33. The smallest absolute Gasteiger partial charge is 0.322 e. The maximum atomic E-state index is 11.2. The first-order chi connectivity index (χ1) is 6.65. The Balaban J connectivity index is 3.73. The molecule has 2 radical (unpaired) electrons. The van der Waals surface area contributed by atoms with Gasteiger partial charge in [-0.25, -0.2) is 6.32 Å². The summed E-state index contributed by atoms with van der Waals surface area (Å²) in [5.41, 5.74) is 0. The fourth-order valence-corrected chi connectivity index (χ4v) is 1.17. The van der Waals surface area contributed by atoms with Crippen molar-refractivity contribution in [3.05, 3.63) is 0 Å². The molecule has 0 saturated heterocycles. The topological polar surface area (TPSA) is 58.3 Å². The highest BCUT2D eigenvalue weighted by molar-refractivity contribution is 6.45. The number of esters is 2. The Hall–Kier alpha value is -0.930. The zero-order chi connectivity index (χ0) is 11.0. The van der Waals surface area contributed by atoms with Crippen LogP contribution in [0.5, 0.6) is 0 Å². The summed E-state index contributed by atoms with van der Waals surface area (Å²) >= 11 is 0. The quantitative estimate of drug-likeness (QED) is 0.309. The third-order valence-corrected chi connectivity index (χ3v) is 2.07. The van der Waals surface area contributed by atoms with Crippen LogP contribution in [0.3, 0.4) is 0 Å². The molecule has 0 aliphatic rings. The standard InChI is InChI=1S/C8H18B2O4/c1-13-7(11)3-4-10-6(5-9)8(12)14-2/h6H,3-5,10H2,1-2,9H3. The monoisotopic (exact) mass is 200 g/mol. The van der Waals surface area contributed by atoms with E-state index < -0.39 is 0 Å². The molecule has 14 heavy (non-hydrogen) atoms. The largest absolute Gasteiger partial charge is 0.570 e. The summed E-state index contributed by atoms with van der Waals surface area (Å²) < 4.78 is 9.24. The number of hydrogen-bond acceptors (Lipinski definition) is 4. The maximum absolute atomic E-state index is 11.2. The van der Waals surface area contributed by atoms with Crippen molar-refractivity contribution in [3.8, 4) is 0 Å². The van der Waals surface area contributed by atoms with Crippen molar-refractivity contribution in [3.63, 3.8) is 0 Å². The van der Waals surface area contributed by atoms with Gasteiger partial charge >= 0.3 is 11.9 Å². The highest BCUT2D eigenvalue weighted by atomic mass is 16.5. The van der Waals surface area contributed by atoms with Crippen LogP contribution in [-0.4, -0.2) is 41.3 Å². The summed E-state index contributed by atoms with van der Waals surface area (Å²) in [6, 6.07) is 0. The van der Waals surface area contributed by atoms with Crippen LogP contribution in [-0.2, 0) is 19.1 Å². The van der Waals surface area contributed by atoms with Crippen molar-refractivity contribution >= 4 is 27.1 Å². The van der Waals surface area contributed by atoms with E-state index in [-0.39, 0.29) is 32.9 Å². The molecule has 0 aromatic heterocycles. The molecule has 6 heteroatoms. The lowest BCUT2D eigenvalue weighted by atomic mass is 9.57. The Morgan fingerprint density at radius 3 is 2.43 bits per heavy atom. The van der Waals surface area contributed by atoms with Gasteiger partial charge in [-0.3, -0.25) is 0 Å². The average Bonchev–Trinajstić information content (AvgIpc) is 2.22. The minimum Gasteiger partial charge on any atom is -0.322 e. The van der Waals surface area contributed by atoms with Crippen LogP contribution < -0.4 is 0 Å². The number of methoxy groups -OCH3 is 2. The highest BCUT2D eigenvalue weighted by Crippen LogP contribution is 2.12. The molecular weight excluding hydrogens is 182 g/mol. The van der Waals surface area contributed by atoms with Gasteiger partial charge in [0.1, 0.15) is 0 Å². The molecule has 0 rings (SSSR count). The van der Waals surface area contributed by atoms with Gasteiger partial charge in [0.15, 0.2) is 14.2 Å². The molecule has 4 nitrogen and oxygen atoms in total. The van der Waals surface area contributed by atoms with Crippen molar-refractivity contribution in [1.29, 1.82) is 0 Å². The SMILES string of the molecule is [BH3-]CC([BH2-]CCC(=[O+])OC)C(=[O+])OC. The number of rotatable bonds is 6. The Bertz CT molecular complexity index is 196. The van der Waals surface area contributed by atoms with E-state index in [0.29, 0.717) is 6.42 Å². The number of hydrogen-bond donors (Lipinski definition) is 0. The Morgan fingerprint density at radius 1 is 1.36 bits per heavy atom. The molecule has 0 heterocycles. The average molecular weight is 200 g/mol. The first kappa shape index (κ1) is 13.1. The lowest BCUT2D eigenvalue weighted by Gasteiger charge is -2.10. The highest BCUT2D eigenvalue weighted by Gasteiger charge is 2.21. The number of carbonyl (C=O) groups excluding carboxylic acids is 2. The second-order valence-electron chi connectivity index (χ2n) is 3.16. The summed E-state index contributed by atoms with van der Waals surface area (Å²) in [4.78, 5) is 22.0. The van der Waals surface area contributed by atoms with Crippen molar-refractivity contribution in [2.24, 2.45) is 0 Å². The zero-order valence-corrected chi connectivity index (χ0v) is 8.33. The zero-order valence-electron chi connectivity index (χ0n) is 8.33. The first-order valence-electron chi connectivity index (χ1n) is 4.47. The Labute approximate surface area is 86.0 Å². The third kappa shape index (κ3) is 4.94. The summed E-state index contributed by atoms with van der Waals surface area (Å²) in [5, 5.41) is 0. The third-order valence-electron chi connectivity index (χ3n) is 2.07. The second-order valence-corrected chi connectivity index (χ2v) is 3.16. The molecule has 0 aromatic carbocycles. The predicted octanol–water partition coefficient (Wildman–Crippen LogP) is -1.12. The van der Waals surface area contributed by atoms with Gasteiger partial charge in [-0.05, 0) is 13.1 Å². The van der Waals surface area contributed by atoms with Crippen LogP contribution in [0.1, 0.15) is 6.42 Å². The van der Waals surface area contributed by atoms with E-state index in [2.05, 4.69) is 4.74 Å². The van der Waals surface area contributed by atoms with E-state index in [1.54, 1.807) is 0 Å². The predicted molar refractivity (Wildman–Crippen MR) is 60.5 cm³/mol. The minimum absolute atomic E-state index is 0.0788. The molecular formula is C8H18B2O4. The van der Waals surface area contributed by atoms with Gasteiger partial charge in [0.2, 0.25) is 0 Å². The van der Waals surface area contributed by atoms with Gasteiger partial charge in [0, 0.05) is 9.59 Å². The van der Waals surface area contributed by atoms with Crippen molar-refractivity contribution in [1.82, 2.24) is 0 Å². The molecule has 0 saturated carbocycles. The molecule has 0 bridgehead atoms. The molecule has 0 fully saturated rings. The van der Waals surface area contributed by atoms with Crippen LogP contribution in [0, 0.1) is 0 Å². The summed E-state index contributed by atoms with van der Waals surface area (Å²) in [5.74, 6) is -0.116. The van der Waals surface area contributed by atoms with Crippen molar-refractivity contribution in [2.45, 2.75) is 24.9 Å². The maximum Gasteiger partial charge on any atom is 0.570 e. The molecule has 80 valence electrons. The summed E-state index contributed by atoms with van der Waals surface area (Å²) in [7, 11) is 2.68. The van der Waals surface area contributed by atoms with E-state index in [9.17, 15) is 9.59 Å². The molecule has 0 aliphatic carbocycles. The van der Waals surface area contributed by atoms with Gasteiger partial charge in [0.05, 0.1) is 6.42 Å². The fraction of sp³-hybridized carbons (Fsp3) is 0.750. The van der Waals surface area contributed by atoms with Gasteiger partial charge in [-0.15, -0.1) is 0 Å². The molecule has 0 aromatic rings. The summed E-state index contributed by atoms with van der Waals surface area (Å²) in [6.45, 7) is 0. The van der Waals surface area contributed by atoms with Crippen molar-refractivity contribution < 1.29 is 19.1 Å². The van der Waals surface area contributed by atoms with E-state index in [1.807, 2.05) is 0 Å². The Morgan fingerprint density at radius 2 is 2.00 bits per heavy atom. The molecule has 0 N–H and O–H groups in total. The van der Waals surface area contributed by atoms with Crippen LogP contribution in [0.2, 0.25) is 18.5 Å². The lowest BCUT2D eigenvalue weighted by molar-refractivity contribution is -0.141. The van der Waals surface area contributed by atoms with Crippen molar-refractivity contribution in [2.75, 3.05) is 14.2 Å². The van der Waals surface area contributed by atoms with E-state index in [4.69, 9.17) is 4.74 Å². The number of ether oxygens (including phenoxy) is 2. The van der Waals surface area contributed by atoms with E-state index in [0.717, 1.165) is 12.6 Å². The van der Waals surface area contributed by atoms with Crippen LogP contribution in [0.15, 0.2) is 0 Å². The van der Waals surface area contributed by atoms with Gasteiger partial charge in [-0.2, -0.15) is 6.32 Å². The van der Waals surface area contributed by atoms with Gasteiger partial charge < -0.3 is 9.47 Å². The van der Waals surface area contributed by atoms with Crippen LogP contribution in [0.25, 0.3) is 0 Å².